The van der Waals surface area contributed by atoms with E-state index in [2.05, 4.69) is 12.2 Å². The summed E-state index contributed by atoms with van der Waals surface area (Å²) in [6.45, 7) is 2.14. The molecule has 0 heterocycles. The summed E-state index contributed by atoms with van der Waals surface area (Å²) in [5.41, 5.74) is 0.213. The van der Waals surface area contributed by atoms with Gasteiger partial charge in [-0.1, -0.05) is 31.5 Å². The Kier molecular flexibility index (Phi) is 6.35. The molecule has 1 N–H and O–H groups in total. The van der Waals surface area contributed by atoms with E-state index in [0.29, 0.717) is 12.5 Å². The van der Waals surface area contributed by atoms with Crippen molar-refractivity contribution in [3.63, 3.8) is 0 Å². The van der Waals surface area contributed by atoms with Gasteiger partial charge in [-0.15, -0.1) is 0 Å². The molecule has 0 aliphatic carbocycles. The van der Waals surface area contributed by atoms with Crippen LogP contribution in [0.3, 0.4) is 0 Å². The van der Waals surface area contributed by atoms with E-state index >= 15 is 0 Å². The lowest BCUT2D eigenvalue weighted by molar-refractivity contribution is -0.137. The fourth-order valence-electron chi connectivity index (χ4n) is 2.24. The third kappa shape index (κ3) is 5.64. The first-order valence-electron chi connectivity index (χ1n) is 6.80. The van der Waals surface area contributed by atoms with Crippen molar-refractivity contribution in [2.45, 2.75) is 51.2 Å². The van der Waals surface area contributed by atoms with Crippen molar-refractivity contribution in [2.24, 2.45) is 0 Å². The van der Waals surface area contributed by atoms with Gasteiger partial charge in [-0.3, -0.25) is 0 Å². The van der Waals surface area contributed by atoms with Crippen molar-refractivity contribution >= 4 is 0 Å². The van der Waals surface area contributed by atoms with E-state index in [9.17, 15) is 13.2 Å². The van der Waals surface area contributed by atoms with E-state index < -0.39 is 11.7 Å². The van der Waals surface area contributed by atoms with Crippen LogP contribution in [0.2, 0.25) is 0 Å². The first kappa shape index (κ1) is 16.0. The molecule has 0 saturated heterocycles. The molecule has 0 saturated carbocycles. The molecular formula is C15H22F3N. The summed E-state index contributed by atoms with van der Waals surface area (Å²) in [6.07, 6.45) is 0.596. The maximum absolute atomic E-state index is 12.6. The molecular weight excluding hydrogens is 251 g/mol. The minimum absolute atomic E-state index is 0.468. The molecule has 1 unspecified atom stereocenters. The Hall–Kier alpha value is -1.03. The van der Waals surface area contributed by atoms with Crippen LogP contribution in [0.5, 0.6) is 0 Å². The van der Waals surface area contributed by atoms with Crippen LogP contribution in [0.4, 0.5) is 13.2 Å². The molecule has 1 atom stereocenters. The van der Waals surface area contributed by atoms with E-state index in [1.165, 1.54) is 12.1 Å². The molecule has 1 aromatic rings. The van der Waals surface area contributed by atoms with E-state index in [0.717, 1.165) is 37.3 Å². The monoisotopic (exact) mass is 273 g/mol. The standard InChI is InChI=1S/C15H22F3N/c1-3-6-14(19-2)10-5-8-12-7-4-9-13(11-12)15(16,17)18/h4,7,9,11,14,19H,3,5-6,8,10H2,1-2H3. The number of hydrogen-bond acceptors (Lipinski definition) is 1. The Morgan fingerprint density at radius 1 is 1.21 bits per heavy atom. The van der Waals surface area contributed by atoms with Gasteiger partial charge in [-0.05, 0) is 44.4 Å². The molecule has 1 rings (SSSR count). The highest BCUT2D eigenvalue weighted by molar-refractivity contribution is 5.25. The molecule has 0 spiro atoms. The van der Waals surface area contributed by atoms with E-state index in [4.69, 9.17) is 0 Å². The van der Waals surface area contributed by atoms with Gasteiger partial charge in [-0.2, -0.15) is 13.2 Å². The average Bonchev–Trinajstić information content (AvgIpc) is 2.37. The van der Waals surface area contributed by atoms with Crippen molar-refractivity contribution in [3.8, 4) is 0 Å². The highest BCUT2D eigenvalue weighted by atomic mass is 19.4. The topological polar surface area (TPSA) is 12.0 Å². The van der Waals surface area contributed by atoms with Crippen LogP contribution in [0.25, 0.3) is 0 Å². The molecule has 0 bridgehead atoms. The van der Waals surface area contributed by atoms with E-state index in [-0.39, 0.29) is 0 Å². The van der Waals surface area contributed by atoms with Gasteiger partial charge in [0, 0.05) is 6.04 Å². The smallest absolute Gasteiger partial charge is 0.317 e. The highest BCUT2D eigenvalue weighted by Gasteiger charge is 2.30. The summed E-state index contributed by atoms with van der Waals surface area (Å²) in [5.74, 6) is 0. The molecule has 0 aliphatic heterocycles. The SMILES string of the molecule is CCCC(CCCc1cccc(C(F)(F)F)c1)NC. The van der Waals surface area contributed by atoms with E-state index in [1.54, 1.807) is 6.07 Å². The lowest BCUT2D eigenvalue weighted by Gasteiger charge is -2.15. The molecule has 1 nitrogen and oxygen atoms in total. The predicted molar refractivity (Wildman–Crippen MR) is 72.1 cm³/mol. The van der Waals surface area contributed by atoms with Gasteiger partial charge in [0.1, 0.15) is 0 Å². The molecule has 108 valence electrons. The van der Waals surface area contributed by atoms with Crippen LogP contribution in [-0.4, -0.2) is 13.1 Å². The van der Waals surface area contributed by atoms with Gasteiger partial charge < -0.3 is 5.32 Å². The number of alkyl halides is 3. The number of hydrogen-bond donors (Lipinski definition) is 1. The highest BCUT2D eigenvalue weighted by Crippen LogP contribution is 2.29. The lowest BCUT2D eigenvalue weighted by Crippen LogP contribution is -2.24. The molecule has 0 radical (unpaired) electrons. The van der Waals surface area contributed by atoms with Gasteiger partial charge in [0.25, 0.3) is 0 Å². The number of rotatable bonds is 7. The average molecular weight is 273 g/mol. The Bertz CT molecular complexity index is 374. The van der Waals surface area contributed by atoms with E-state index in [1.807, 2.05) is 7.05 Å². The third-order valence-electron chi connectivity index (χ3n) is 3.32. The fourth-order valence-corrected chi connectivity index (χ4v) is 2.24. The molecule has 19 heavy (non-hydrogen) atoms. The van der Waals surface area contributed by atoms with Crippen molar-refractivity contribution in [1.29, 1.82) is 0 Å². The van der Waals surface area contributed by atoms with Crippen LogP contribution < -0.4 is 5.32 Å². The Morgan fingerprint density at radius 3 is 2.53 bits per heavy atom. The first-order valence-corrected chi connectivity index (χ1v) is 6.80. The maximum atomic E-state index is 12.6. The van der Waals surface area contributed by atoms with Gasteiger partial charge in [0.05, 0.1) is 5.56 Å². The number of nitrogens with one attached hydrogen (secondary N) is 1. The van der Waals surface area contributed by atoms with Crippen LogP contribution in [-0.2, 0) is 12.6 Å². The molecule has 1 aromatic carbocycles. The summed E-state index contributed by atoms with van der Waals surface area (Å²) in [6, 6.07) is 6.10. The minimum Gasteiger partial charge on any atom is -0.317 e. The number of aryl methyl sites for hydroxylation is 1. The van der Waals surface area contributed by atoms with Gasteiger partial charge in [0.2, 0.25) is 0 Å². The zero-order valence-corrected chi connectivity index (χ0v) is 11.6. The third-order valence-corrected chi connectivity index (χ3v) is 3.32. The summed E-state index contributed by atoms with van der Waals surface area (Å²) < 4.78 is 37.7. The van der Waals surface area contributed by atoms with Crippen LogP contribution >= 0.6 is 0 Å². The summed E-state index contributed by atoms with van der Waals surface area (Å²) in [5, 5.41) is 3.24. The molecule has 0 fully saturated rings. The lowest BCUT2D eigenvalue weighted by atomic mass is 10.0. The van der Waals surface area contributed by atoms with Crippen molar-refractivity contribution in [2.75, 3.05) is 7.05 Å². The number of halogens is 3. The summed E-state index contributed by atoms with van der Waals surface area (Å²) in [7, 11) is 1.94. The molecule has 0 aromatic heterocycles. The molecule has 4 heteroatoms. The number of benzene rings is 1. The van der Waals surface area contributed by atoms with Gasteiger partial charge in [0.15, 0.2) is 0 Å². The Morgan fingerprint density at radius 2 is 1.95 bits per heavy atom. The quantitative estimate of drug-likeness (QED) is 0.775. The van der Waals surface area contributed by atoms with Crippen LogP contribution in [0, 0.1) is 0 Å². The largest absolute Gasteiger partial charge is 0.416 e. The second-order valence-corrected chi connectivity index (χ2v) is 4.86. The Balaban J connectivity index is 2.49. The molecule has 0 amide bonds. The summed E-state index contributed by atoms with van der Waals surface area (Å²) in [4.78, 5) is 0. The second-order valence-electron chi connectivity index (χ2n) is 4.86. The van der Waals surface area contributed by atoms with Crippen molar-refractivity contribution in [3.05, 3.63) is 35.4 Å². The van der Waals surface area contributed by atoms with Crippen molar-refractivity contribution in [1.82, 2.24) is 5.32 Å². The first-order chi connectivity index (χ1) is 8.97. The van der Waals surface area contributed by atoms with Crippen LogP contribution in [0.1, 0.15) is 43.7 Å². The zero-order valence-electron chi connectivity index (χ0n) is 11.6. The Labute approximate surface area is 113 Å². The zero-order chi connectivity index (χ0) is 14.3. The maximum Gasteiger partial charge on any atom is 0.416 e. The fraction of sp³-hybridized carbons (Fsp3) is 0.600. The van der Waals surface area contributed by atoms with Crippen LogP contribution in [0.15, 0.2) is 24.3 Å². The van der Waals surface area contributed by atoms with Gasteiger partial charge in [-0.25, -0.2) is 0 Å². The van der Waals surface area contributed by atoms with Crippen molar-refractivity contribution < 1.29 is 13.2 Å². The predicted octanol–water partition coefficient (Wildman–Crippen LogP) is 4.42. The van der Waals surface area contributed by atoms with Gasteiger partial charge >= 0.3 is 6.18 Å². The molecule has 0 aliphatic rings. The summed E-state index contributed by atoms with van der Waals surface area (Å²) >= 11 is 0. The minimum atomic E-state index is -4.24. The normalized spacial score (nSPS) is 13.5. The second kappa shape index (κ2) is 7.53.